The highest BCUT2D eigenvalue weighted by atomic mass is 16.4. The molecule has 0 aliphatic heterocycles. The van der Waals surface area contributed by atoms with Crippen LogP contribution in [0.2, 0.25) is 0 Å². The first-order valence-corrected chi connectivity index (χ1v) is 6.24. The van der Waals surface area contributed by atoms with Gasteiger partial charge in [-0.2, -0.15) is 10.1 Å². The summed E-state index contributed by atoms with van der Waals surface area (Å²) in [6, 6.07) is 15.5. The summed E-state index contributed by atoms with van der Waals surface area (Å²) in [5.74, 6) is 0. The number of hydrazone groups is 1. The van der Waals surface area contributed by atoms with Crippen LogP contribution in [-0.4, -0.2) is 10.7 Å². The molecule has 3 N–H and O–H groups in total. The molecule has 20 heavy (non-hydrogen) atoms. The van der Waals surface area contributed by atoms with Gasteiger partial charge in [-0.1, -0.05) is 24.3 Å². The predicted octanol–water partition coefficient (Wildman–Crippen LogP) is 3.25. The number of hydrogen-bond acceptors (Lipinski definition) is 5. The quantitative estimate of drug-likeness (QED) is 0.433. The number of nitrogens with one attached hydrogen (secondary N) is 1. The van der Waals surface area contributed by atoms with E-state index in [0.29, 0.717) is 6.01 Å². The number of nitrogens with two attached hydrogens (primary N) is 1. The molecular weight excluding hydrogens is 252 g/mol. The number of para-hydroxylation sites is 2. The lowest BCUT2D eigenvalue weighted by molar-refractivity contribution is 0.617. The number of hydrogen-bond donors (Lipinski definition) is 2. The minimum atomic E-state index is 0.376. The van der Waals surface area contributed by atoms with Crippen molar-refractivity contribution in [3.63, 3.8) is 0 Å². The molecule has 5 heteroatoms. The van der Waals surface area contributed by atoms with Crippen LogP contribution < -0.4 is 11.2 Å². The third kappa shape index (κ3) is 2.47. The van der Waals surface area contributed by atoms with E-state index in [2.05, 4.69) is 15.5 Å². The number of rotatable bonds is 3. The maximum Gasteiger partial charge on any atom is 0.316 e. The maximum absolute atomic E-state index is 5.65. The van der Waals surface area contributed by atoms with Gasteiger partial charge in [0.15, 0.2) is 5.58 Å². The number of anilines is 2. The van der Waals surface area contributed by atoms with E-state index in [-0.39, 0.29) is 0 Å². The summed E-state index contributed by atoms with van der Waals surface area (Å²) in [6.45, 7) is 1.90. The van der Waals surface area contributed by atoms with Gasteiger partial charge in [-0.3, -0.25) is 0 Å². The van der Waals surface area contributed by atoms with E-state index < -0.39 is 0 Å². The lowest BCUT2D eigenvalue weighted by Gasteiger charge is -2.01. The molecule has 100 valence electrons. The van der Waals surface area contributed by atoms with Crippen molar-refractivity contribution >= 4 is 28.5 Å². The van der Waals surface area contributed by atoms with Crippen molar-refractivity contribution in [3.05, 3.63) is 54.1 Å². The number of nitrogens with zero attached hydrogens (tertiary/aromatic N) is 2. The van der Waals surface area contributed by atoms with Crippen LogP contribution in [-0.2, 0) is 0 Å². The first kappa shape index (κ1) is 12.2. The van der Waals surface area contributed by atoms with Crippen LogP contribution in [0.25, 0.3) is 11.1 Å². The van der Waals surface area contributed by atoms with E-state index >= 15 is 0 Å². The summed E-state index contributed by atoms with van der Waals surface area (Å²) >= 11 is 0. The molecule has 0 saturated carbocycles. The summed E-state index contributed by atoms with van der Waals surface area (Å²) in [5, 5.41) is 4.26. The number of fused-ring (bicyclic) bond motifs is 1. The number of nitrogen functional groups attached to an aromatic ring is 1. The number of benzene rings is 2. The Kier molecular flexibility index (Phi) is 3.09. The molecule has 0 spiro atoms. The van der Waals surface area contributed by atoms with E-state index in [4.69, 9.17) is 10.2 Å². The van der Waals surface area contributed by atoms with Crippen molar-refractivity contribution in [2.75, 3.05) is 11.2 Å². The molecule has 0 radical (unpaired) electrons. The average molecular weight is 266 g/mol. The van der Waals surface area contributed by atoms with E-state index in [1.165, 1.54) is 0 Å². The van der Waals surface area contributed by atoms with Crippen LogP contribution in [0, 0.1) is 0 Å². The molecule has 0 aliphatic carbocycles. The van der Waals surface area contributed by atoms with Crippen LogP contribution in [0.4, 0.5) is 11.7 Å². The van der Waals surface area contributed by atoms with E-state index in [1.54, 1.807) is 0 Å². The summed E-state index contributed by atoms with van der Waals surface area (Å²) in [4.78, 5) is 4.29. The van der Waals surface area contributed by atoms with Gasteiger partial charge in [0.1, 0.15) is 5.52 Å². The second-order valence-corrected chi connectivity index (χ2v) is 4.42. The van der Waals surface area contributed by atoms with E-state index in [1.807, 2.05) is 55.5 Å². The van der Waals surface area contributed by atoms with E-state index in [9.17, 15) is 0 Å². The second-order valence-electron chi connectivity index (χ2n) is 4.42. The van der Waals surface area contributed by atoms with Gasteiger partial charge in [-0.15, -0.1) is 0 Å². The molecular formula is C15H14N4O. The van der Waals surface area contributed by atoms with Gasteiger partial charge in [0.2, 0.25) is 0 Å². The first-order valence-electron chi connectivity index (χ1n) is 6.24. The third-order valence-electron chi connectivity index (χ3n) is 2.94. The highest BCUT2D eigenvalue weighted by Crippen LogP contribution is 2.18. The molecule has 0 fully saturated rings. The Labute approximate surface area is 116 Å². The standard InChI is InChI=1S/C15H14N4O/c1-10(11-6-8-12(16)9-7-11)18-19-15-17-13-4-2-3-5-14(13)20-15/h2-9H,16H2,1H3,(H,17,19)/b18-10-. The number of aromatic nitrogens is 1. The van der Waals surface area contributed by atoms with Crippen LogP contribution >= 0.6 is 0 Å². The minimum absolute atomic E-state index is 0.376. The largest absolute Gasteiger partial charge is 0.422 e. The van der Waals surface area contributed by atoms with Gasteiger partial charge in [-0.25, -0.2) is 5.43 Å². The van der Waals surface area contributed by atoms with Crippen molar-refractivity contribution in [2.45, 2.75) is 6.92 Å². The number of oxazole rings is 1. The van der Waals surface area contributed by atoms with Crippen molar-refractivity contribution in [2.24, 2.45) is 5.10 Å². The van der Waals surface area contributed by atoms with Gasteiger partial charge < -0.3 is 10.2 Å². The topological polar surface area (TPSA) is 76.4 Å². The average Bonchev–Trinajstić information content (AvgIpc) is 2.88. The SMILES string of the molecule is C/C(=N/Nc1nc2ccccc2o1)c1ccc(N)cc1. The lowest BCUT2D eigenvalue weighted by atomic mass is 10.1. The molecule has 5 nitrogen and oxygen atoms in total. The molecule has 0 amide bonds. The van der Waals surface area contributed by atoms with Crippen LogP contribution in [0.3, 0.4) is 0 Å². The Bertz CT molecular complexity index is 726. The molecule has 3 rings (SSSR count). The molecule has 1 heterocycles. The summed E-state index contributed by atoms with van der Waals surface area (Å²) in [6.07, 6.45) is 0. The Balaban J connectivity index is 1.80. The Morgan fingerprint density at radius 3 is 2.65 bits per heavy atom. The van der Waals surface area contributed by atoms with Gasteiger partial charge in [0.25, 0.3) is 0 Å². The predicted molar refractivity (Wildman–Crippen MR) is 80.7 cm³/mol. The Morgan fingerprint density at radius 2 is 1.90 bits per heavy atom. The fraction of sp³-hybridized carbons (Fsp3) is 0.0667. The van der Waals surface area contributed by atoms with Crippen LogP contribution in [0.15, 0.2) is 58.0 Å². The third-order valence-corrected chi connectivity index (χ3v) is 2.94. The first-order chi connectivity index (χ1) is 9.72. The van der Waals surface area contributed by atoms with Gasteiger partial charge in [-0.05, 0) is 36.8 Å². The van der Waals surface area contributed by atoms with Crippen molar-refractivity contribution in [1.29, 1.82) is 0 Å². The molecule has 0 saturated heterocycles. The smallest absolute Gasteiger partial charge is 0.316 e. The van der Waals surface area contributed by atoms with E-state index in [0.717, 1.165) is 28.1 Å². The fourth-order valence-corrected chi connectivity index (χ4v) is 1.84. The normalized spacial score (nSPS) is 11.8. The van der Waals surface area contributed by atoms with Crippen molar-refractivity contribution < 1.29 is 4.42 Å². The van der Waals surface area contributed by atoms with Gasteiger partial charge in [0.05, 0.1) is 5.71 Å². The Morgan fingerprint density at radius 1 is 1.15 bits per heavy atom. The fourth-order valence-electron chi connectivity index (χ4n) is 1.84. The zero-order valence-corrected chi connectivity index (χ0v) is 11.0. The molecule has 0 unspecified atom stereocenters. The summed E-state index contributed by atoms with van der Waals surface area (Å²) in [7, 11) is 0. The maximum atomic E-state index is 5.65. The lowest BCUT2D eigenvalue weighted by Crippen LogP contribution is -2.00. The zero-order valence-electron chi connectivity index (χ0n) is 11.0. The monoisotopic (exact) mass is 266 g/mol. The molecule has 0 bridgehead atoms. The van der Waals surface area contributed by atoms with Gasteiger partial charge >= 0.3 is 6.01 Å². The highest BCUT2D eigenvalue weighted by Gasteiger charge is 2.03. The zero-order chi connectivity index (χ0) is 13.9. The molecule has 0 atom stereocenters. The van der Waals surface area contributed by atoms with Crippen molar-refractivity contribution in [3.8, 4) is 0 Å². The molecule has 3 aromatic rings. The van der Waals surface area contributed by atoms with Crippen molar-refractivity contribution in [1.82, 2.24) is 4.98 Å². The molecule has 2 aromatic carbocycles. The summed E-state index contributed by atoms with van der Waals surface area (Å²) < 4.78 is 5.52. The summed E-state index contributed by atoms with van der Waals surface area (Å²) in [5.41, 5.74) is 12.6. The minimum Gasteiger partial charge on any atom is -0.422 e. The second kappa shape index (κ2) is 5.05. The van der Waals surface area contributed by atoms with Gasteiger partial charge in [0, 0.05) is 5.69 Å². The Hall–Kier alpha value is -2.82. The molecule has 1 aromatic heterocycles. The van der Waals surface area contributed by atoms with Crippen LogP contribution in [0.5, 0.6) is 0 Å². The molecule has 0 aliphatic rings. The van der Waals surface area contributed by atoms with Crippen LogP contribution in [0.1, 0.15) is 12.5 Å². The highest BCUT2D eigenvalue weighted by molar-refractivity contribution is 5.99.